The van der Waals surface area contributed by atoms with Crippen molar-refractivity contribution in [3.8, 4) is 0 Å². The predicted molar refractivity (Wildman–Crippen MR) is 65.4 cm³/mol. The van der Waals surface area contributed by atoms with Crippen LogP contribution in [0.25, 0.3) is 0 Å². The second-order valence-corrected chi connectivity index (χ2v) is 5.02. The highest BCUT2D eigenvalue weighted by atomic mass is 32.1. The number of carbonyl (C=O) groups excluding carboxylic acids is 2. The minimum absolute atomic E-state index is 0.00814. The molecule has 1 aliphatic rings. The van der Waals surface area contributed by atoms with Crippen LogP contribution in [0.5, 0.6) is 0 Å². The Balaban J connectivity index is 1.87. The van der Waals surface area contributed by atoms with Gasteiger partial charge in [-0.3, -0.25) is 9.59 Å². The molecule has 1 aliphatic heterocycles. The summed E-state index contributed by atoms with van der Waals surface area (Å²) in [5.74, 6) is -0.147. The Morgan fingerprint density at radius 2 is 2.47 bits per heavy atom. The molecule has 0 bridgehead atoms. The van der Waals surface area contributed by atoms with Crippen LogP contribution in [0, 0.1) is 0 Å². The summed E-state index contributed by atoms with van der Waals surface area (Å²) in [7, 11) is 0. The predicted octanol–water partition coefficient (Wildman–Crippen LogP) is 0.143. The van der Waals surface area contributed by atoms with Gasteiger partial charge >= 0.3 is 0 Å². The van der Waals surface area contributed by atoms with E-state index in [4.69, 9.17) is 5.73 Å². The van der Waals surface area contributed by atoms with Crippen LogP contribution < -0.4 is 16.4 Å². The van der Waals surface area contributed by atoms with Gasteiger partial charge in [-0.25, -0.2) is 0 Å². The summed E-state index contributed by atoms with van der Waals surface area (Å²) in [4.78, 5) is 23.7. The molecular formula is C11H15N3O2S. The SMILES string of the molecule is NC(C(=O)NC1CCC(=O)NC1)c1cccs1. The second-order valence-electron chi connectivity index (χ2n) is 4.04. The minimum atomic E-state index is -0.618. The average molecular weight is 253 g/mol. The number of nitrogens with one attached hydrogen (secondary N) is 2. The lowest BCUT2D eigenvalue weighted by Crippen LogP contribution is -2.49. The van der Waals surface area contributed by atoms with Crippen molar-refractivity contribution in [2.75, 3.05) is 6.54 Å². The molecule has 2 atom stereocenters. The Morgan fingerprint density at radius 1 is 1.65 bits per heavy atom. The van der Waals surface area contributed by atoms with Crippen molar-refractivity contribution in [2.24, 2.45) is 5.73 Å². The van der Waals surface area contributed by atoms with Crippen molar-refractivity contribution in [1.29, 1.82) is 0 Å². The molecule has 0 aromatic carbocycles. The van der Waals surface area contributed by atoms with Gasteiger partial charge in [-0.15, -0.1) is 11.3 Å². The van der Waals surface area contributed by atoms with E-state index in [1.54, 1.807) is 0 Å². The maximum absolute atomic E-state index is 11.8. The van der Waals surface area contributed by atoms with Crippen LogP contribution in [0.1, 0.15) is 23.8 Å². The van der Waals surface area contributed by atoms with Gasteiger partial charge in [0.15, 0.2) is 0 Å². The molecule has 5 nitrogen and oxygen atoms in total. The normalized spacial score (nSPS) is 21.7. The molecule has 0 radical (unpaired) electrons. The van der Waals surface area contributed by atoms with E-state index in [1.807, 2.05) is 17.5 Å². The van der Waals surface area contributed by atoms with E-state index >= 15 is 0 Å². The lowest BCUT2D eigenvalue weighted by Gasteiger charge is -2.24. The first-order valence-corrected chi connectivity index (χ1v) is 6.41. The molecule has 2 rings (SSSR count). The summed E-state index contributed by atoms with van der Waals surface area (Å²) >= 11 is 1.47. The first-order valence-electron chi connectivity index (χ1n) is 5.53. The molecule has 17 heavy (non-hydrogen) atoms. The molecule has 0 aliphatic carbocycles. The number of piperidine rings is 1. The van der Waals surface area contributed by atoms with Gasteiger partial charge in [0.05, 0.1) is 0 Å². The Labute approximate surface area is 103 Å². The molecule has 92 valence electrons. The summed E-state index contributed by atoms with van der Waals surface area (Å²) in [5.41, 5.74) is 5.84. The molecule has 4 N–H and O–H groups in total. The van der Waals surface area contributed by atoms with Crippen molar-refractivity contribution < 1.29 is 9.59 Å². The molecular weight excluding hydrogens is 238 g/mol. The molecule has 6 heteroatoms. The van der Waals surface area contributed by atoms with Gasteiger partial charge in [-0.05, 0) is 17.9 Å². The number of hydrogen-bond acceptors (Lipinski definition) is 4. The van der Waals surface area contributed by atoms with E-state index in [0.29, 0.717) is 19.4 Å². The fourth-order valence-electron chi connectivity index (χ4n) is 1.74. The highest BCUT2D eigenvalue weighted by Gasteiger charge is 2.23. The molecule has 1 aromatic heterocycles. The van der Waals surface area contributed by atoms with Crippen molar-refractivity contribution >= 4 is 23.2 Å². The third-order valence-electron chi connectivity index (χ3n) is 2.74. The molecule has 1 fully saturated rings. The third-order valence-corrected chi connectivity index (χ3v) is 3.70. The summed E-state index contributed by atoms with van der Waals surface area (Å²) < 4.78 is 0. The van der Waals surface area contributed by atoms with Gasteiger partial charge in [-0.2, -0.15) is 0 Å². The summed E-state index contributed by atoms with van der Waals surface area (Å²) in [6, 6.07) is 3.09. The van der Waals surface area contributed by atoms with Crippen LogP contribution in [0.2, 0.25) is 0 Å². The highest BCUT2D eigenvalue weighted by molar-refractivity contribution is 7.10. The Hall–Kier alpha value is -1.40. The monoisotopic (exact) mass is 253 g/mol. The van der Waals surface area contributed by atoms with Crippen LogP contribution in [0.4, 0.5) is 0 Å². The molecule has 0 spiro atoms. The fraction of sp³-hybridized carbons (Fsp3) is 0.455. The van der Waals surface area contributed by atoms with E-state index < -0.39 is 6.04 Å². The van der Waals surface area contributed by atoms with E-state index in [9.17, 15) is 9.59 Å². The molecule has 2 amide bonds. The lowest BCUT2D eigenvalue weighted by molar-refractivity contribution is -0.126. The average Bonchev–Trinajstić information content (AvgIpc) is 2.84. The molecule has 2 heterocycles. The smallest absolute Gasteiger partial charge is 0.242 e. The van der Waals surface area contributed by atoms with E-state index in [2.05, 4.69) is 10.6 Å². The number of rotatable bonds is 3. The van der Waals surface area contributed by atoms with E-state index in [0.717, 1.165) is 4.88 Å². The first-order chi connectivity index (χ1) is 8.16. The van der Waals surface area contributed by atoms with E-state index in [1.165, 1.54) is 11.3 Å². The summed E-state index contributed by atoms with van der Waals surface area (Å²) in [6.45, 7) is 0.488. The Morgan fingerprint density at radius 3 is 3.06 bits per heavy atom. The number of nitrogens with two attached hydrogens (primary N) is 1. The zero-order chi connectivity index (χ0) is 12.3. The Bertz CT molecular complexity index is 395. The topological polar surface area (TPSA) is 84.2 Å². The standard InChI is InChI=1S/C11H15N3O2S/c12-10(8-2-1-5-17-8)11(16)14-7-3-4-9(15)13-6-7/h1-2,5,7,10H,3-4,6,12H2,(H,13,15)(H,14,16). The molecule has 2 unspecified atom stereocenters. The molecule has 1 saturated heterocycles. The van der Waals surface area contributed by atoms with Crippen LogP contribution in [0.15, 0.2) is 17.5 Å². The maximum atomic E-state index is 11.8. The zero-order valence-electron chi connectivity index (χ0n) is 9.31. The fourth-order valence-corrected chi connectivity index (χ4v) is 2.47. The number of amides is 2. The van der Waals surface area contributed by atoms with Crippen LogP contribution in [-0.4, -0.2) is 24.4 Å². The van der Waals surface area contributed by atoms with Crippen molar-refractivity contribution in [2.45, 2.75) is 24.9 Å². The number of hydrogen-bond donors (Lipinski definition) is 3. The summed E-state index contributed by atoms with van der Waals surface area (Å²) in [5, 5.41) is 7.47. The number of carbonyl (C=O) groups is 2. The van der Waals surface area contributed by atoms with Crippen LogP contribution in [0.3, 0.4) is 0 Å². The van der Waals surface area contributed by atoms with Gasteiger partial charge in [0, 0.05) is 23.9 Å². The third kappa shape index (κ3) is 3.04. The van der Waals surface area contributed by atoms with Gasteiger partial charge in [-0.1, -0.05) is 6.07 Å². The van der Waals surface area contributed by atoms with Crippen molar-refractivity contribution in [1.82, 2.24) is 10.6 Å². The van der Waals surface area contributed by atoms with Crippen molar-refractivity contribution in [3.05, 3.63) is 22.4 Å². The maximum Gasteiger partial charge on any atom is 0.242 e. The van der Waals surface area contributed by atoms with Crippen LogP contribution >= 0.6 is 11.3 Å². The minimum Gasteiger partial charge on any atom is -0.354 e. The molecule has 1 aromatic rings. The first kappa shape index (κ1) is 12.1. The van der Waals surface area contributed by atoms with Crippen LogP contribution in [-0.2, 0) is 9.59 Å². The molecule has 0 saturated carbocycles. The largest absolute Gasteiger partial charge is 0.354 e. The van der Waals surface area contributed by atoms with Gasteiger partial charge in [0.1, 0.15) is 6.04 Å². The van der Waals surface area contributed by atoms with Gasteiger partial charge in [0.2, 0.25) is 11.8 Å². The van der Waals surface area contributed by atoms with Gasteiger partial charge in [0.25, 0.3) is 0 Å². The van der Waals surface area contributed by atoms with Crippen molar-refractivity contribution in [3.63, 3.8) is 0 Å². The quantitative estimate of drug-likeness (QED) is 0.716. The summed E-state index contributed by atoms with van der Waals surface area (Å²) in [6.07, 6.45) is 1.13. The highest BCUT2D eigenvalue weighted by Crippen LogP contribution is 2.17. The number of thiophene rings is 1. The van der Waals surface area contributed by atoms with E-state index in [-0.39, 0.29) is 17.9 Å². The lowest BCUT2D eigenvalue weighted by atomic mass is 10.1. The van der Waals surface area contributed by atoms with Gasteiger partial charge < -0.3 is 16.4 Å². The Kier molecular flexibility index (Phi) is 3.75. The second kappa shape index (κ2) is 5.29. The zero-order valence-corrected chi connectivity index (χ0v) is 10.1.